The molecule has 1 N–H and O–H groups in total. The summed E-state index contributed by atoms with van der Waals surface area (Å²) in [6, 6.07) is 0. The average molecular weight is 259 g/mol. The van der Waals surface area contributed by atoms with Gasteiger partial charge in [0.15, 0.2) is 0 Å². The number of hydrogen-bond donors (Lipinski definition) is 1. The third-order valence-electron chi connectivity index (χ3n) is 2.63. The second-order valence-corrected chi connectivity index (χ2v) is 4.99. The van der Waals surface area contributed by atoms with Crippen LogP contribution in [-0.4, -0.2) is 37.9 Å². The summed E-state index contributed by atoms with van der Waals surface area (Å²) in [5.41, 5.74) is -0.0975. The van der Waals surface area contributed by atoms with Gasteiger partial charge in [-0.15, -0.1) is 0 Å². The SMILES string of the molecule is CCOC(=O)CCCCCNCC(C)(C)OCC. The van der Waals surface area contributed by atoms with Gasteiger partial charge in [0.05, 0.1) is 12.2 Å². The van der Waals surface area contributed by atoms with Crippen LogP contribution < -0.4 is 5.32 Å². The summed E-state index contributed by atoms with van der Waals surface area (Å²) in [5, 5.41) is 3.38. The van der Waals surface area contributed by atoms with Crippen LogP contribution in [0.25, 0.3) is 0 Å². The molecule has 0 spiro atoms. The number of nitrogens with one attached hydrogen (secondary N) is 1. The molecule has 0 aliphatic rings. The van der Waals surface area contributed by atoms with Crippen LogP contribution in [0.2, 0.25) is 0 Å². The number of carbonyl (C=O) groups excluding carboxylic acids is 1. The van der Waals surface area contributed by atoms with E-state index >= 15 is 0 Å². The van der Waals surface area contributed by atoms with E-state index in [2.05, 4.69) is 19.2 Å². The first kappa shape index (κ1) is 17.4. The molecule has 4 nitrogen and oxygen atoms in total. The molecule has 0 heterocycles. The van der Waals surface area contributed by atoms with E-state index in [1.54, 1.807) is 0 Å². The Morgan fingerprint density at radius 2 is 1.83 bits per heavy atom. The molecule has 0 amide bonds. The number of esters is 1. The zero-order valence-electron chi connectivity index (χ0n) is 12.4. The van der Waals surface area contributed by atoms with Crippen LogP contribution in [0.15, 0.2) is 0 Å². The summed E-state index contributed by atoms with van der Waals surface area (Å²) in [4.78, 5) is 11.1. The van der Waals surface area contributed by atoms with Gasteiger partial charge in [-0.2, -0.15) is 0 Å². The molecule has 0 atom stereocenters. The van der Waals surface area contributed by atoms with E-state index < -0.39 is 0 Å². The molecule has 0 fully saturated rings. The third kappa shape index (κ3) is 10.5. The van der Waals surface area contributed by atoms with Crippen molar-refractivity contribution in [1.82, 2.24) is 5.32 Å². The fraction of sp³-hybridized carbons (Fsp3) is 0.929. The zero-order chi connectivity index (χ0) is 13.9. The summed E-state index contributed by atoms with van der Waals surface area (Å²) < 4.78 is 10.5. The predicted molar refractivity (Wildman–Crippen MR) is 73.7 cm³/mol. The van der Waals surface area contributed by atoms with Gasteiger partial charge in [0, 0.05) is 19.6 Å². The van der Waals surface area contributed by atoms with E-state index in [4.69, 9.17) is 9.47 Å². The Kier molecular flexibility index (Phi) is 9.98. The minimum Gasteiger partial charge on any atom is -0.466 e. The summed E-state index contributed by atoms with van der Waals surface area (Å²) in [6.45, 7) is 11.1. The van der Waals surface area contributed by atoms with Crippen LogP contribution in [0, 0.1) is 0 Å². The average Bonchev–Trinajstić information content (AvgIpc) is 2.28. The second-order valence-electron chi connectivity index (χ2n) is 4.99. The number of unbranched alkanes of at least 4 members (excludes halogenated alkanes) is 2. The molecule has 0 aliphatic carbocycles. The first-order valence-corrected chi connectivity index (χ1v) is 7.02. The van der Waals surface area contributed by atoms with Gasteiger partial charge in [-0.05, 0) is 47.1 Å². The lowest BCUT2D eigenvalue weighted by Gasteiger charge is -2.25. The number of hydrogen-bond acceptors (Lipinski definition) is 4. The van der Waals surface area contributed by atoms with E-state index in [0.29, 0.717) is 13.0 Å². The Hall–Kier alpha value is -0.610. The molecule has 0 rings (SSSR count). The van der Waals surface area contributed by atoms with Gasteiger partial charge in [0.1, 0.15) is 0 Å². The Labute approximate surface area is 111 Å². The number of carbonyl (C=O) groups is 1. The lowest BCUT2D eigenvalue weighted by atomic mass is 10.1. The zero-order valence-corrected chi connectivity index (χ0v) is 12.4. The monoisotopic (exact) mass is 259 g/mol. The van der Waals surface area contributed by atoms with E-state index in [1.165, 1.54) is 0 Å². The van der Waals surface area contributed by atoms with Crippen LogP contribution in [0.4, 0.5) is 0 Å². The second kappa shape index (κ2) is 10.3. The van der Waals surface area contributed by atoms with Crippen LogP contribution in [0.5, 0.6) is 0 Å². The maximum Gasteiger partial charge on any atom is 0.305 e. The van der Waals surface area contributed by atoms with Gasteiger partial charge < -0.3 is 14.8 Å². The molecule has 0 aromatic heterocycles. The van der Waals surface area contributed by atoms with E-state index in [0.717, 1.165) is 39.0 Å². The highest BCUT2D eigenvalue weighted by atomic mass is 16.5. The van der Waals surface area contributed by atoms with Crippen molar-refractivity contribution in [3.05, 3.63) is 0 Å². The first-order valence-electron chi connectivity index (χ1n) is 7.02. The normalized spacial score (nSPS) is 11.6. The van der Waals surface area contributed by atoms with Crippen LogP contribution in [-0.2, 0) is 14.3 Å². The van der Waals surface area contributed by atoms with E-state index in [1.807, 2.05) is 13.8 Å². The van der Waals surface area contributed by atoms with Gasteiger partial charge in [-0.3, -0.25) is 4.79 Å². The minimum absolute atomic E-state index is 0.0806. The summed E-state index contributed by atoms with van der Waals surface area (Å²) in [5.74, 6) is -0.0806. The summed E-state index contributed by atoms with van der Waals surface area (Å²) in [7, 11) is 0. The highest BCUT2D eigenvalue weighted by Crippen LogP contribution is 2.07. The Bertz CT molecular complexity index is 217. The van der Waals surface area contributed by atoms with Gasteiger partial charge in [-0.25, -0.2) is 0 Å². The van der Waals surface area contributed by atoms with Crippen molar-refractivity contribution in [3.8, 4) is 0 Å². The Morgan fingerprint density at radius 3 is 2.44 bits per heavy atom. The molecule has 18 heavy (non-hydrogen) atoms. The minimum atomic E-state index is -0.0975. The predicted octanol–water partition coefficient (Wildman–Crippen LogP) is 2.51. The molecule has 0 radical (unpaired) electrons. The van der Waals surface area contributed by atoms with Crippen molar-refractivity contribution in [1.29, 1.82) is 0 Å². The molecule has 0 aliphatic heterocycles. The quantitative estimate of drug-likeness (QED) is 0.457. The molecule has 4 heteroatoms. The highest BCUT2D eigenvalue weighted by molar-refractivity contribution is 5.69. The standard InChI is InChI=1S/C14H29NO3/c1-5-17-13(16)10-8-7-9-11-15-12-14(3,4)18-6-2/h15H,5-12H2,1-4H3. The van der Waals surface area contributed by atoms with Crippen molar-refractivity contribution in [2.75, 3.05) is 26.3 Å². The van der Waals surface area contributed by atoms with Crippen LogP contribution >= 0.6 is 0 Å². The molecule has 0 aromatic rings. The maximum atomic E-state index is 11.1. The van der Waals surface area contributed by atoms with Crippen LogP contribution in [0.1, 0.15) is 53.4 Å². The molecule has 108 valence electrons. The highest BCUT2D eigenvalue weighted by Gasteiger charge is 2.16. The summed E-state index contributed by atoms with van der Waals surface area (Å²) in [6.07, 6.45) is 3.59. The molecule has 0 unspecified atom stereocenters. The lowest BCUT2D eigenvalue weighted by Crippen LogP contribution is -2.38. The van der Waals surface area contributed by atoms with E-state index in [-0.39, 0.29) is 11.6 Å². The third-order valence-corrected chi connectivity index (χ3v) is 2.63. The van der Waals surface area contributed by atoms with Gasteiger partial charge in [0.25, 0.3) is 0 Å². The van der Waals surface area contributed by atoms with Gasteiger partial charge in [-0.1, -0.05) is 6.42 Å². The van der Waals surface area contributed by atoms with Crippen molar-refractivity contribution in [2.45, 2.75) is 59.0 Å². The largest absolute Gasteiger partial charge is 0.466 e. The number of ether oxygens (including phenoxy) is 2. The maximum absolute atomic E-state index is 11.1. The number of rotatable bonds is 11. The molecule has 0 saturated heterocycles. The fourth-order valence-corrected chi connectivity index (χ4v) is 1.76. The molecular weight excluding hydrogens is 230 g/mol. The van der Waals surface area contributed by atoms with E-state index in [9.17, 15) is 4.79 Å². The van der Waals surface area contributed by atoms with Crippen molar-refractivity contribution >= 4 is 5.97 Å². The molecule has 0 aromatic carbocycles. The molecule has 0 bridgehead atoms. The molecule has 0 saturated carbocycles. The first-order chi connectivity index (χ1) is 8.52. The lowest BCUT2D eigenvalue weighted by molar-refractivity contribution is -0.143. The topological polar surface area (TPSA) is 47.6 Å². The fourth-order valence-electron chi connectivity index (χ4n) is 1.76. The van der Waals surface area contributed by atoms with Gasteiger partial charge >= 0.3 is 5.97 Å². The van der Waals surface area contributed by atoms with Gasteiger partial charge in [0.2, 0.25) is 0 Å². The van der Waals surface area contributed by atoms with Crippen molar-refractivity contribution < 1.29 is 14.3 Å². The molecular formula is C14H29NO3. The smallest absolute Gasteiger partial charge is 0.305 e. The van der Waals surface area contributed by atoms with Crippen LogP contribution in [0.3, 0.4) is 0 Å². The Morgan fingerprint density at radius 1 is 1.11 bits per heavy atom. The van der Waals surface area contributed by atoms with Crippen molar-refractivity contribution in [2.24, 2.45) is 0 Å². The Balaban J connectivity index is 3.33. The van der Waals surface area contributed by atoms with Crippen molar-refractivity contribution in [3.63, 3.8) is 0 Å². The summed E-state index contributed by atoms with van der Waals surface area (Å²) >= 11 is 0.